The molecule has 2 aromatic carbocycles. The molecule has 0 heterocycles. The van der Waals surface area contributed by atoms with E-state index in [4.69, 9.17) is 5.73 Å². The maximum atomic E-state index is 13.5. The monoisotopic (exact) mass is 276 g/mol. The lowest BCUT2D eigenvalue weighted by atomic mass is 10.1. The molecule has 1 amide bonds. The molecule has 0 spiro atoms. The summed E-state index contributed by atoms with van der Waals surface area (Å²) in [5.74, 6) is -2.88. The fraction of sp³-hybridized carbons (Fsp3) is 0.133. The summed E-state index contributed by atoms with van der Waals surface area (Å²) in [6.45, 7) is 0.542. The predicted molar refractivity (Wildman–Crippen MR) is 73.5 cm³/mol. The normalized spacial score (nSPS) is 10.3. The zero-order valence-corrected chi connectivity index (χ0v) is 10.7. The number of nitrogens with one attached hydrogen (secondary N) is 1. The van der Waals surface area contributed by atoms with Crippen LogP contribution in [0.2, 0.25) is 0 Å². The van der Waals surface area contributed by atoms with Crippen LogP contribution in [0.5, 0.6) is 0 Å². The van der Waals surface area contributed by atoms with Gasteiger partial charge in [-0.05, 0) is 42.8 Å². The molecule has 0 aliphatic rings. The molecular weight excluding hydrogens is 262 g/mol. The molecule has 0 saturated carbocycles. The van der Waals surface area contributed by atoms with Gasteiger partial charge in [0.15, 0.2) is 11.6 Å². The van der Waals surface area contributed by atoms with E-state index in [0.717, 1.165) is 18.1 Å². The summed E-state index contributed by atoms with van der Waals surface area (Å²) in [6.07, 6.45) is 0.743. The van der Waals surface area contributed by atoms with Crippen LogP contribution >= 0.6 is 0 Å². The summed E-state index contributed by atoms with van der Waals surface area (Å²) < 4.78 is 26.5. The number of hydrogen-bond donors (Lipinski definition) is 2. The van der Waals surface area contributed by atoms with Crippen molar-refractivity contribution in [1.29, 1.82) is 0 Å². The van der Waals surface area contributed by atoms with Gasteiger partial charge in [0.2, 0.25) is 0 Å². The molecule has 0 bridgehead atoms. The first-order valence-corrected chi connectivity index (χ1v) is 6.16. The van der Waals surface area contributed by atoms with Crippen molar-refractivity contribution in [2.24, 2.45) is 5.73 Å². The fourth-order valence-electron chi connectivity index (χ4n) is 1.80. The van der Waals surface area contributed by atoms with E-state index in [-0.39, 0.29) is 5.56 Å². The van der Waals surface area contributed by atoms with Crippen molar-refractivity contribution in [3.05, 3.63) is 65.2 Å². The Kier molecular flexibility index (Phi) is 4.42. The van der Waals surface area contributed by atoms with Gasteiger partial charge in [0.05, 0.1) is 5.56 Å². The number of halogens is 2. The number of anilines is 1. The molecule has 0 radical (unpaired) electrons. The van der Waals surface area contributed by atoms with Crippen molar-refractivity contribution >= 4 is 11.6 Å². The van der Waals surface area contributed by atoms with Gasteiger partial charge in [-0.3, -0.25) is 4.79 Å². The molecule has 0 unspecified atom stereocenters. The van der Waals surface area contributed by atoms with Gasteiger partial charge in [-0.15, -0.1) is 0 Å². The highest BCUT2D eigenvalue weighted by molar-refractivity contribution is 6.04. The molecular formula is C15H14F2N2O. The van der Waals surface area contributed by atoms with Crippen molar-refractivity contribution in [1.82, 2.24) is 0 Å². The molecule has 0 saturated heterocycles. The number of carbonyl (C=O) groups excluding carboxylic acids is 1. The Balaban J connectivity index is 2.13. The topological polar surface area (TPSA) is 55.1 Å². The van der Waals surface area contributed by atoms with Crippen LogP contribution in [0.1, 0.15) is 15.9 Å². The second-order valence-corrected chi connectivity index (χ2v) is 4.29. The Morgan fingerprint density at radius 1 is 1.10 bits per heavy atom. The fourth-order valence-corrected chi connectivity index (χ4v) is 1.80. The SMILES string of the molecule is NCCc1ccc(NC(=O)c2cccc(F)c2F)cc1. The van der Waals surface area contributed by atoms with E-state index in [1.807, 2.05) is 12.1 Å². The third-order valence-electron chi connectivity index (χ3n) is 2.84. The zero-order chi connectivity index (χ0) is 14.5. The third kappa shape index (κ3) is 3.19. The summed E-state index contributed by atoms with van der Waals surface area (Å²) >= 11 is 0. The Bertz CT molecular complexity index is 612. The van der Waals surface area contributed by atoms with Crippen LogP contribution in [0.25, 0.3) is 0 Å². The first-order chi connectivity index (χ1) is 9.61. The molecule has 20 heavy (non-hydrogen) atoms. The molecule has 0 aromatic heterocycles. The predicted octanol–water partition coefficient (Wildman–Crippen LogP) is 2.72. The number of benzene rings is 2. The minimum absolute atomic E-state index is 0.323. The molecule has 5 heteroatoms. The van der Waals surface area contributed by atoms with E-state index >= 15 is 0 Å². The highest BCUT2D eigenvalue weighted by Crippen LogP contribution is 2.15. The van der Waals surface area contributed by atoms with E-state index in [9.17, 15) is 13.6 Å². The van der Waals surface area contributed by atoms with Gasteiger partial charge in [0.1, 0.15) is 0 Å². The number of carbonyl (C=O) groups is 1. The Labute approximate surface area is 115 Å². The van der Waals surface area contributed by atoms with E-state index in [2.05, 4.69) is 5.32 Å². The molecule has 0 atom stereocenters. The van der Waals surface area contributed by atoms with E-state index in [0.29, 0.717) is 12.2 Å². The van der Waals surface area contributed by atoms with Gasteiger partial charge in [-0.25, -0.2) is 8.78 Å². The molecule has 0 fully saturated rings. The lowest BCUT2D eigenvalue weighted by molar-refractivity contribution is 0.102. The average Bonchev–Trinajstić information content (AvgIpc) is 2.44. The lowest BCUT2D eigenvalue weighted by Crippen LogP contribution is -2.14. The molecule has 2 aromatic rings. The zero-order valence-electron chi connectivity index (χ0n) is 10.7. The number of nitrogens with two attached hydrogens (primary N) is 1. The number of amides is 1. The van der Waals surface area contributed by atoms with Crippen LogP contribution in [0.3, 0.4) is 0 Å². The van der Waals surface area contributed by atoms with Crippen molar-refractivity contribution in [2.45, 2.75) is 6.42 Å². The molecule has 0 aliphatic heterocycles. The maximum absolute atomic E-state index is 13.5. The smallest absolute Gasteiger partial charge is 0.258 e. The third-order valence-corrected chi connectivity index (χ3v) is 2.84. The largest absolute Gasteiger partial charge is 0.330 e. The van der Waals surface area contributed by atoms with Crippen LogP contribution in [0.15, 0.2) is 42.5 Å². The summed E-state index contributed by atoms with van der Waals surface area (Å²) in [7, 11) is 0. The Hall–Kier alpha value is -2.27. The molecule has 3 nitrogen and oxygen atoms in total. The molecule has 3 N–H and O–H groups in total. The quantitative estimate of drug-likeness (QED) is 0.902. The van der Waals surface area contributed by atoms with Crippen LogP contribution in [0.4, 0.5) is 14.5 Å². The second kappa shape index (κ2) is 6.25. The molecule has 2 rings (SSSR count). The first-order valence-electron chi connectivity index (χ1n) is 6.16. The molecule has 0 aliphatic carbocycles. The van der Waals surface area contributed by atoms with E-state index in [1.165, 1.54) is 12.1 Å². The van der Waals surface area contributed by atoms with E-state index < -0.39 is 17.5 Å². The van der Waals surface area contributed by atoms with Crippen LogP contribution < -0.4 is 11.1 Å². The average molecular weight is 276 g/mol. The Morgan fingerprint density at radius 2 is 1.80 bits per heavy atom. The summed E-state index contributed by atoms with van der Waals surface area (Å²) in [6, 6.07) is 10.5. The van der Waals surface area contributed by atoms with Crippen molar-refractivity contribution in [3.8, 4) is 0 Å². The lowest BCUT2D eigenvalue weighted by Gasteiger charge is -2.07. The van der Waals surface area contributed by atoms with Crippen molar-refractivity contribution in [2.75, 3.05) is 11.9 Å². The summed E-state index contributed by atoms with van der Waals surface area (Å²) in [5.41, 5.74) is 6.67. The number of hydrogen-bond acceptors (Lipinski definition) is 2. The van der Waals surface area contributed by atoms with Crippen molar-refractivity contribution < 1.29 is 13.6 Å². The first kappa shape index (κ1) is 14.1. The van der Waals surface area contributed by atoms with Gasteiger partial charge >= 0.3 is 0 Å². The van der Waals surface area contributed by atoms with Gasteiger partial charge in [0, 0.05) is 5.69 Å². The number of rotatable bonds is 4. The van der Waals surface area contributed by atoms with Crippen LogP contribution in [0, 0.1) is 11.6 Å². The summed E-state index contributed by atoms with van der Waals surface area (Å²) in [4.78, 5) is 11.9. The second-order valence-electron chi connectivity index (χ2n) is 4.29. The van der Waals surface area contributed by atoms with Gasteiger partial charge in [0.25, 0.3) is 5.91 Å². The molecule has 104 valence electrons. The van der Waals surface area contributed by atoms with Gasteiger partial charge in [-0.2, -0.15) is 0 Å². The standard InChI is InChI=1S/C15H14F2N2O/c16-13-3-1-2-12(14(13)17)15(20)19-11-6-4-10(5-7-11)8-9-18/h1-7H,8-9,18H2,(H,19,20). The Morgan fingerprint density at radius 3 is 2.45 bits per heavy atom. The van der Waals surface area contributed by atoms with Crippen molar-refractivity contribution in [3.63, 3.8) is 0 Å². The van der Waals surface area contributed by atoms with Gasteiger partial charge < -0.3 is 11.1 Å². The highest BCUT2D eigenvalue weighted by Gasteiger charge is 2.14. The minimum atomic E-state index is -1.15. The minimum Gasteiger partial charge on any atom is -0.330 e. The van der Waals surface area contributed by atoms with Gasteiger partial charge in [-0.1, -0.05) is 18.2 Å². The van der Waals surface area contributed by atoms with E-state index in [1.54, 1.807) is 12.1 Å². The summed E-state index contributed by atoms with van der Waals surface area (Å²) in [5, 5.41) is 2.52. The highest BCUT2D eigenvalue weighted by atomic mass is 19.2. The maximum Gasteiger partial charge on any atom is 0.258 e. The van der Waals surface area contributed by atoms with Crippen LogP contribution in [-0.4, -0.2) is 12.5 Å². The van der Waals surface area contributed by atoms with Crippen LogP contribution in [-0.2, 0) is 6.42 Å².